The van der Waals surface area contributed by atoms with Crippen LogP contribution >= 0.6 is 0 Å². The fourth-order valence-corrected chi connectivity index (χ4v) is 3.42. The number of carboxylic acid groups (broad SMARTS) is 1. The number of aliphatic carboxylic acids is 1. The van der Waals surface area contributed by atoms with Gasteiger partial charge in [-0.15, -0.1) is 0 Å². The highest BCUT2D eigenvalue weighted by Crippen LogP contribution is 2.28. The second-order valence-corrected chi connectivity index (χ2v) is 6.51. The molecule has 0 radical (unpaired) electrons. The predicted octanol–water partition coefficient (Wildman–Crippen LogP) is 3.69. The fraction of sp³-hybridized carbons (Fsp3) is 0.300. The molecule has 1 heterocycles. The zero-order chi connectivity index (χ0) is 19.4. The van der Waals surface area contributed by atoms with E-state index in [2.05, 4.69) is 10.6 Å². The first-order valence-electron chi connectivity index (χ1n) is 8.89. The van der Waals surface area contributed by atoms with Crippen LogP contribution in [0, 0.1) is 5.82 Å². The molecule has 0 bridgehead atoms. The van der Waals surface area contributed by atoms with Crippen molar-refractivity contribution in [3.63, 3.8) is 0 Å². The maximum Gasteiger partial charge on any atom is 0.323 e. The number of halogens is 1. The van der Waals surface area contributed by atoms with Gasteiger partial charge in [-0.2, -0.15) is 0 Å². The molecule has 1 atom stereocenters. The third-order valence-electron chi connectivity index (χ3n) is 4.76. The Balaban J connectivity index is 1.71. The Kier molecular flexibility index (Phi) is 5.71. The van der Waals surface area contributed by atoms with E-state index in [1.165, 1.54) is 24.3 Å². The summed E-state index contributed by atoms with van der Waals surface area (Å²) in [7, 11) is 0. The molecule has 3 rings (SSSR count). The maximum atomic E-state index is 13.0. The largest absolute Gasteiger partial charge is 0.480 e. The highest BCUT2D eigenvalue weighted by molar-refractivity contribution is 6.00. The molecular weight excluding hydrogens is 349 g/mol. The topological polar surface area (TPSA) is 81.7 Å². The van der Waals surface area contributed by atoms with Gasteiger partial charge in [-0.25, -0.2) is 9.18 Å². The van der Waals surface area contributed by atoms with Crippen molar-refractivity contribution in [3.05, 3.63) is 59.4 Å². The van der Waals surface area contributed by atoms with Gasteiger partial charge in [0.05, 0.1) is 0 Å². The van der Waals surface area contributed by atoms with Crippen LogP contribution in [0.15, 0.2) is 42.5 Å². The van der Waals surface area contributed by atoms with Crippen molar-refractivity contribution in [2.75, 3.05) is 17.2 Å². The van der Waals surface area contributed by atoms with Crippen molar-refractivity contribution >= 4 is 23.4 Å². The summed E-state index contributed by atoms with van der Waals surface area (Å²) in [6.07, 6.45) is 1.20. The van der Waals surface area contributed by atoms with E-state index in [9.17, 15) is 19.1 Å². The molecule has 0 saturated carbocycles. The summed E-state index contributed by atoms with van der Waals surface area (Å²) < 4.78 is 13.0. The molecule has 3 N–H and O–H groups in total. The van der Waals surface area contributed by atoms with Crippen molar-refractivity contribution in [3.8, 4) is 0 Å². The van der Waals surface area contributed by atoms with Gasteiger partial charge in [0.25, 0.3) is 0 Å². The molecule has 2 amide bonds. The second kappa shape index (κ2) is 8.18. The van der Waals surface area contributed by atoms with E-state index < -0.39 is 18.0 Å². The number of rotatable bonds is 5. The molecule has 0 saturated heterocycles. The number of carbonyl (C=O) groups excluding carboxylic acids is 1. The Labute approximate surface area is 157 Å². The number of urea groups is 1. The van der Waals surface area contributed by atoms with E-state index in [-0.39, 0.29) is 5.82 Å². The molecule has 6 nitrogen and oxygen atoms in total. The van der Waals surface area contributed by atoms with Crippen LogP contribution in [0.2, 0.25) is 0 Å². The molecule has 1 aliphatic rings. The number of hydrogen-bond donors (Lipinski definition) is 3. The number of anilines is 2. The second-order valence-electron chi connectivity index (χ2n) is 6.51. The van der Waals surface area contributed by atoms with Gasteiger partial charge < -0.3 is 15.7 Å². The summed E-state index contributed by atoms with van der Waals surface area (Å²) in [4.78, 5) is 25.6. The zero-order valence-electron chi connectivity index (χ0n) is 15.0. The van der Waals surface area contributed by atoms with Crippen LogP contribution in [-0.4, -0.2) is 34.6 Å². The van der Waals surface area contributed by atoms with E-state index in [1.54, 1.807) is 0 Å². The van der Waals surface area contributed by atoms with E-state index >= 15 is 0 Å². The number of nitrogens with one attached hydrogen (secondary N) is 2. The molecule has 1 aliphatic heterocycles. The van der Waals surface area contributed by atoms with E-state index in [1.807, 2.05) is 30.0 Å². The van der Waals surface area contributed by atoms with Crippen molar-refractivity contribution in [2.24, 2.45) is 0 Å². The van der Waals surface area contributed by atoms with Crippen molar-refractivity contribution in [1.29, 1.82) is 0 Å². The Morgan fingerprint density at radius 2 is 1.93 bits per heavy atom. The zero-order valence-corrected chi connectivity index (χ0v) is 15.0. The molecule has 0 aliphatic carbocycles. The summed E-state index contributed by atoms with van der Waals surface area (Å²) >= 11 is 0. The van der Waals surface area contributed by atoms with Crippen LogP contribution < -0.4 is 10.6 Å². The number of nitrogens with zero attached hydrogens (tertiary/aromatic N) is 1. The first kappa shape index (κ1) is 18.8. The Morgan fingerprint density at radius 3 is 2.59 bits per heavy atom. The van der Waals surface area contributed by atoms with Gasteiger partial charge in [-0.3, -0.25) is 9.69 Å². The summed E-state index contributed by atoms with van der Waals surface area (Å²) in [5.74, 6) is -1.18. The summed E-state index contributed by atoms with van der Waals surface area (Å²) in [5, 5.41) is 14.9. The molecule has 0 spiro atoms. The van der Waals surface area contributed by atoms with Crippen LogP contribution in [0.25, 0.3) is 0 Å². The number of fused-ring (bicyclic) bond motifs is 1. The Morgan fingerprint density at radius 1 is 1.19 bits per heavy atom. The molecule has 0 fully saturated rings. The number of carbonyl (C=O) groups is 2. The molecule has 7 heteroatoms. The quantitative estimate of drug-likeness (QED) is 0.749. The standard InChI is InChI=1S/C20H22FN3O3/c1-2-18(19(25)26)24-11-10-16-13(12-24)4-3-5-17(16)23-20(27)22-15-8-6-14(21)7-9-15/h3-9,18H,2,10-12H2,1H3,(H,25,26)(H2,22,23,27). The van der Waals surface area contributed by atoms with Gasteiger partial charge in [-0.05, 0) is 54.3 Å². The lowest BCUT2D eigenvalue weighted by atomic mass is 9.96. The fourth-order valence-electron chi connectivity index (χ4n) is 3.42. The molecule has 0 aromatic heterocycles. The summed E-state index contributed by atoms with van der Waals surface area (Å²) in [6, 6.07) is 10.3. The van der Waals surface area contributed by atoms with Crippen LogP contribution in [0.3, 0.4) is 0 Å². The van der Waals surface area contributed by atoms with Crippen LogP contribution in [0.1, 0.15) is 24.5 Å². The van der Waals surface area contributed by atoms with Crippen molar-refractivity contribution < 1.29 is 19.1 Å². The average Bonchev–Trinajstić information content (AvgIpc) is 2.64. The third-order valence-corrected chi connectivity index (χ3v) is 4.76. The number of hydrogen-bond acceptors (Lipinski definition) is 3. The van der Waals surface area contributed by atoms with Gasteiger partial charge in [0.2, 0.25) is 0 Å². The van der Waals surface area contributed by atoms with Crippen LogP contribution in [-0.2, 0) is 17.8 Å². The minimum Gasteiger partial charge on any atom is -0.480 e. The molecule has 142 valence electrons. The Bertz CT molecular complexity index is 839. The number of amides is 2. The van der Waals surface area contributed by atoms with Gasteiger partial charge in [0, 0.05) is 24.5 Å². The smallest absolute Gasteiger partial charge is 0.323 e. The molecule has 1 unspecified atom stereocenters. The first-order chi connectivity index (χ1) is 13.0. The monoisotopic (exact) mass is 371 g/mol. The first-order valence-corrected chi connectivity index (χ1v) is 8.89. The number of carboxylic acids is 1. The molecule has 27 heavy (non-hydrogen) atoms. The van der Waals surface area contributed by atoms with Gasteiger partial charge in [-0.1, -0.05) is 19.1 Å². The van der Waals surface area contributed by atoms with Crippen molar-refractivity contribution in [1.82, 2.24) is 4.90 Å². The normalized spacial score (nSPS) is 14.9. The molecule has 2 aromatic rings. The van der Waals surface area contributed by atoms with Crippen molar-refractivity contribution in [2.45, 2.75) is 32.4 Å². The lowest BCUT2D eigenvalue weighted by Crippen LogP contribution is -2.43. The highest BCUT2D eigenvalue weighted by Gasteiger charge is 2.28. The summed E-state index contributed by atoms with van der Waals surface area (Å²) in [5.41, 5.74) is 3.23. The maximum absolute atomic E-state index is 13.0. The van der Waals surface area contributed by atoms with E-state index in [4.69, 9.17) is 0 Å². The van der Waals surface area contributed by atoms with Crippen LogP contribution in [0.5, 0.6) is 0 Å². The van der Waals surface area contributed by atoms with Gasteiger partial charge in [0.15, 0.2) is 0 Å². The average molecular weight is 371 g/mol. The lowest BCUT2D eigenvalue weighted by molar-refractivity contribution is -0.143. The minimum atomic E-state index is -0.811. The predicted molar refractivity (Wildman–Crippen MR) is 101 cm³/mol. The molecular formula is C20H22FN3O3. The van der Waals surface area contributed by atoms with Gasteiger partial charge >= 0.3 is 12.0 Å². The highest BCUT2D eigenvalue weighted by atomic mass is 19.1. The summed E-state index contributed by atoms with van der Waals surface area (Å²) in [6.45, 7) is 3.03. The minimum absolute atomic E-state index is 0.366. The SMILES string of the molecule is CCC(C(=O)O)N1CCc2c(cccc2NC(=O)Nc2ccc(F)cc2)C1. The lowest BCUT2D eigenvalue weighted by Gasteiger charge is -2.33. The van der Waals surface area contributed by atoms with E-state index in [0.717, 1.165) is 11.1 Å². The van der Waals surface area contributed by atoms with Gasteiger partial charge in [0.1, 0.15) is 11.9 Å². The Hall–Kier alpha value is -2.93. The molecule has 2 aromatic carbocycles. The third kappa shape index (κ3) is 4.43. The number of benzene rings is 2. The van der Waals surface area contributed by atoms with E-state index in [0.29, 0.717) is 37.3 Å². The van der Waals surface area contributed by atoms with Crippen LogP contribution in [0.4, 0.5) is 20.6 Å².